The number of carbonyl (C=O) groups is 1. The van der Waals surface area contributed by atoms with Crippen LogP contribution in [0.25, 0.3) is 0 Å². The molecule has 3 nitrogen and oxygen atoms in total. The molecule has 0 spiro atoms. The summed E-state index contributed by atoms with van der Waals surface area (Å²) in [6, 6.07) is 15.2. The topological polar surface area (TPSA) is 46.5 Å². The molecule has 0 aliphatic rings. The van der Waals surface area contributed by atoms with Crippen LogP contribution in [0.15, 0.2) is 58.3 Å². The third-order valence-corrected chi connectivity index (χ3v) is 3.98. The zero-order chi connectivity index (χ0) is 15.8. The number of aliphatic carboxylic acids is 1. The van der Waals surface area contributed by atoms with Crippen LogP contribution in [0.1, 0.15) is 12.5 Å². The molecule has 0 unspecified atom stereocenters. The van der Waals surface area contributed by atoms with Crippen molar-refractivity contribution in [3.05, 3.63) is 54.1 Å². The van der Waals surface area contributed by atoms with Gasteiger partial charge in [-0.3, -0.25) is 4.79 Å². The largest absolute Gasteiger partial charge is 0.481 e. The molecule has 0 atom stereocenters. The summed E-state index contributed by atoms with van der Waals surface area (Å²) in [5.74, 6) is 5.56. The van der Waals surface area contributed by atoms with Gasteiger partial charge in [0.05, 0.1) is 6.42 Å². The van der Waals surface area contributed by atoms with Crippen molar-refractivity contribution < 1.29 is 14.6 Å². The molecule has 2 rings (SSSR count). The van der Waals surface area contributed by atoms with E-state index in [2.05, 4.69) is 11.8 Å². The Balaban J connectivity index is 2.07. The Morgan fingerprint density at radius 3 is 2.59 bits per heavy atom. The van der Waals surface area contributed by atoms with Crippen molar-refractivity contribution in [2.75, 3.05) is 6.61 Å². The second kappa shape index (κ2) is 8.16. The van der Waals surface area contributed by atoms with Gasteiger partial charge in [-0.1, -0.05) is 35.9 Å². The predicted molar refractivity (Wildman–Crippen MR) is 87.3 cm³/mol. The van der Waals surface area contributed by atoms with Gasteiger partial charge < -0.3 is 9.84 Å². The van der Waals surface area contributed by atoms with Crippen molar-refractivity contribution in [1.82, 2.24) is 0 Å². The predicted octanol–water partition coefficient (Wildman–Crippen LogP) is 3.87. The van der Waals surface area contributed by atoms with Crippen molar-refractivity contribution >= 4 is 17.7 Å². The maximum Gasteiger partial charge on any atom is 0.307 e. The highest BCUT2D eigenvalue weighted by Gasteiger charge is 2.07. The summed E-state index contributed by atoms with van der Waals surface area (Å²) in [4.78, 5) is 12.9. The second-order valence-corrected chi connectivity index (χ2v) is 5.58. The molecule has 2 aromatic carbocycles. The third kappa shape index (κ3) is 4.87. The number of carboxylic acid groups (broad SMARTS) is 1. The molecule has 2 aromatic rings. The Bertz CT molecular complexity index is 696. The van der Waals surface area contributed by atoms with E-state index in [4.69, 9.17) is 9.84 Å². The van der Waals surface area contributed by atoms with Crippen LogP contribution >= 0.6 is 11.8 Å². The number of carboxylic acids is 1. The number of ether oxygens (including phenoxy) is 1. The number of rotatable bonds is 6. The quantitative estimate of drug-likeness (QED) is 0.823. The van der Waals surface area contributed by atoms with E-state index in [1.54, 1.807) is 18.7 Å². The van der Waals surface area contributed by atoms with E-state index < -0.39 is 5.97 Å². The SMILES string of the molecule is CC#CCOc1ccc(Sc2ccccc2CC(=O)O)cc1. The molecule has 0 aromatic heterocycles. The molecule has 0 fully saturated rings. The Morgan fingerprint density at radius 1 is 1.18 bits per heavy atom. The molecule has 1 N–H and O–H groups in total. The lowest BCUT2D eigenvalue weighted by atomic mass is 10.1. The van der Waals surface area contributed by atoms with Crippen LogP contribution in [0.3, 0.4) is 0 Å². The van der Waals surface area contributed by atoms with Crippen LogP contribution < -0.4 is 4.74 Å². The van der Waals surface area contributed by atoms with Crippen LogP contribution in [0.4, 0.5) is 0 Å². The molecule has 0 bridgehead atoms. The summed E-state index contributed by atoms with van der Waals surface area (Å²) in [5.41, 5.74) is 0.818. The molecular formula is C18H16O3S. The first-order valence-electron chi connectivity index (χ1n) is 6.79. The molecule has 22 heavy (non-hydrogen) atoms. The summed E-state index contributed by atoms with van der Waals surface area (Å²) < 4.78 is 5.47. The molecular weight excluding hydrogens is 296 g/mol. The summed E-state index contributed by atoms with van der Waals surface area (Å²) in [7, 11) is 0. The second-order valence-electron chi connectivity index (χ2n) is 4.47. The molecule has 0 aliphatic heterocycles. The minimum Gasteiger partial charge on any atom is -0.481 e. The zero-order valence-corrected chi connectivity index (χ0v) is 13.0. The first-order valence-corrected chi connectivity index (χ1v) is 7.60. The van der Waals surface area contributed by atoms with Gasteiger partial charge in [0.25, 0.3) is 0 Å². The van der Waals surface area contributed by atoms with Gasteiger partial charge in [0.2, 0.25) is 0 Å². The van der Waals surface area contributed by atoms with Crippen LogP contribution in [0.2, 0.25) is 0 Å². The van der Waals surface area contributed by atoms with E-state index in [-0.39, 0.29) is 6.42 Å². The minimum atomic E-state index is -0.825. The van der Waals surface area contributed by atoms with Gasteiger partial charge in [-0.05, 0) is 42.8 Å². The Morgan fingerprint density at radius 2 is 1.91 bits per heavy atom. The normalized spacial score (nSPS) is 9.68. The smallest absolute Gasteiger partial charge is 0.307 e. The minimum absolute atomic E-state index is 0.0278. The van der Waals surface area contributed by atoms with Gasteiger partial charge in [0.15, 0.2) is 0 Å². The van der Waals surface area contributed by atoms with Crippen LogP contribution in [0.5, 0.6) is 5.75 Å². The highest BCUT2D eigenvalue weighted by Crippen LogP contribution is 2.31. The van der Waals surface area contributed by atoms with Crippen molar-refractivity contribution in [1.29, 1.82) is 0 Å². The van der Waals surface area contributed by atoms with Gasteiger partial charge in [0.1, 0.15) is 12.4 Å². The number of benzene rings is 2. The standard InChI is InChI=1S/C18H16O3S/c1-2-3-12-21-15-8-10-16(11-9-15)22-17-7-5-4-6-14(17)13-18(19)20/h4-11H,12-13H2,1H3,(H,19,20). The monoisotopic (exact) mass is 312 g/mol. The van der Waals surface area contributed by atoms with Gasteiger partial charge in [0, 0.05) is 9.79 Å². The first kappa shape index (κ1) is 16.0. The molecule has 0 heterocycles. The summed E-state index contributed by atoms with van der Waals surface area (Å²) in [6.07, 6.45) is 0.0278. The van der Waals surface area contributed by atoms with E-state index in [0.29, 0.717) is 6.61 Å². The van der Waals surface area contributed by atoms with Gasteiger partial charge in [-0.2, -0.15) is 0 Å². The zero-order valence-electron chi connectivity index (χ0n) is 12.2. The fourth-order valence-electron chi connectivity index (χ4n) is 1.83. The van der Waals surface area contributed by atoms with E-state index in [1.807, 2.05) is 48.5 Å². The maximum atomic E-state index is 10.9. The molecule has 0 radical (unpaired) electrons. The fraction of sp³-hybridized carbons (Fsp3) is 0.167. The van der Waals surface area contributed by atoms with E-state index in [0.717, 1.165) is 21.1 Å². The average molecular weight is 312 g/mol. The lowest BCUT2D eigenvalue weighted by molar-refractivity contribution is -0.136. The highest BCUT2D eigenvalue weighted by atomic mass is 32.2. The fourth-order valence-corrected chi connectivity index (χ4v) is 2.78. The molecule has 0 saturated carbocycles. The van der Waals surface area contributed by atoms with Gasteiger partial charge in [-0.15, -0.1) is 5.92 Å². The maximum absolute atomic E-state index is 10.9. The number of hydrogen-bond donors (Lipinski definition) is 1. The van der Waals surface area contributed by atoms with E-state index in [1.165, 1.54) is 0 Å². The molecule has 0 saturated heterocycles. The molecule has 0 aliphatic carbocycles. The lowest BCUT2D eigenvalue weighted by Gasteiger charge is -2.08. The van der Waals surface area contributed by atoms with Crippen molar-refractivity contribution in [3.63, 3.8) is 0 Å². The van der Waals surface area contributed by atoms with Crippen molar-refractivity contribution in [3.8, 4) is 17.6 Å². The van der Waals surface area contributed by atoms with Gasteiger partial charge >= 0.3 is 5.97 Å². The molecule has 0 amide bonds. The van der Waals surface area contributed by atoms with Crippen molar-refractivity contribution in [2.45, 2.75) is 23.1 Å². The van der Waals surface area contributed by atoms with E-state index >= 15 is 0 Å². The molecule has 4 heteroatoms. The summed E-state index contributed by atoms with van der Waals surface area (Å²) >= 11 is 1.55. The number of hydrogen-bond acceptors (Lipinski definition) is 3. The van der Waals surface area contributed by atoms with Gasteiger partial charge in [-0.25, -0.2) is 0 Å². The average Bonchev–Trinajstić information content (AvgIpc) is 2.51. The summed E-state index contributed by atoms with van der Waals surface area (Å²) in [6.45, 7) is 2.15. The lowest BCUT2D eigenvalue weighted by Crippen LogP contribution is -2.01. The Kier molecular flexibility index (Phi) is 5.93. The first-order chi connectivity index (χ1) is 10.7. The van der Waals surface area contributed by atoms with Crippen LogP contribution in [0, 0.1) is 11.8 Å². The van der Waals surface area contributed by atoms with Crippen LogP contribution in [-0.2, 0) is 11.2 Å². The summed E-state index contributed by atoms with van der Waals surface area (Å²) in [5, 5.41) is 8.96. The third-order valence-electron chi connectivity index (χ3n) is 2.85. The highest BCUT2D eigenvalue weighted by molar-refractivity contribution is 7.99. The van der Waals surface area contributed by atoms with E-state index in [9.17, 15) is 4.79 Å². The van der Waals surface area contributed by atoms with Crippen LogP contribution in [-0.4, -0.2) is 17.7 Å². The Hall–Kier alpha value is -2.38. The molecule has 112 valence electrons. The van der Waals surface area contributed by atoms with Crippen molar-refractivity contribution in [2.24, 2.45) is 0 Å². The Labute approximate surface area is 134 Å².